The first-order chi connectivity index (χ1) is 15.6. The second kappa shape index (κ2) is 10.4. The summed E-state index contributed by atoms with van der Waals surface area (Å²) in [5.74, 6) is 1.54. The summed E-state index contributed by atoms with van der Waals surface area (Å²) < 4.78 is 11.1. The maximum atomic E-state index is 12.6. The van der Waals surface area contributed by atoms with Crippen LogP contribution in [0.15, 0.2) is 40.5 Å². The van der Waals surface area contributed by atoms with E-state index in [4.69, 9.17) is 9.15 Å². The first-order valence-electron chi connectivity index (χ1n) is 10.8. The maximum Gasteiger partial charge on any atom is 0.260 e. The van der Waals surface area contributed by atoms with E-state index in [0.717, 1.165) is 0 Å². The number of hydrogen-bond donors (Lipinski definition) is 2. The van der Waals surface area contributed by atoms with Crippen molar-refractivity contribution in [2.45, 2.75) is 45.4 Å². The molecule has 168 valence electrons. The predicted octanol–water partition coefficient (Wildman–Crippen LogP) is 4.83. The zero-order chi connectivity index (χ0) is 22.3. The van der Waals surface area contributed by atoms with Crippen LogP contribution in [-0.2, 0) is 11.2 Å². The normalized spacial score (nSPS) is 14.2. The Kier molecular flexibility index (Phi) is 7.16. The molecule has 1 fully saturated rings. The van der Waals surface area contributed by atoms with Crippen molar-refractivity contribution in [3.8, 4) is 5.75 Å². The zero-order valence-electron chi connectivity index (χ0n) is 17.9. The topological polar surface area (TPSA) is 106 Å². The number of nitrogens with zero attached hydrogens (tertiary/aromatic N) is 2. The number of nitrogens with one attached hydrogen (secondary N) is 2. The van der Waals surface area contributed by atoms with E-state index in [9.17, 15) is 9.59 Å². The number of rotatable bonds is 8. The van der Waals surface area contributed by atoms with Crippen LogP contribution in [0.1, 0.15) is 53.9 Å². The van der Waals surface area contributed by atoms with Crippen molar-refractivity contribution in [1.29, 1.82) is 0 Å². The number of carbonyl (C=O) groups is 2. The standard InChI is InChI=1S/C23H26N4O4S/c1-15-18(9-11-30-15)22(29)27-23-25-17(14-32-23)12-20(28)26-21-19(8-5-10-24-21)31-13-16-6-3-2-4-7-16/h5,8-11,14,16H,2-4,6-7,12-13H2,1H3,(H,24,26,28)(H,25,27,29). The smallest absolute Gasteiger partial charge is 0.260 e. The third-order valence-corrected chi connectivity index (χ3v) is 6.25. The van der Waals surface area contributed by atoms with E-state index in [1.165, 1.54) is 49.7 Å². The average molecular weight is 455 g/mol. The fourth-order valence-electron chi connectivity index (χ4n) is 3.73. The Morgan fingerprint density at radius 3 is 2.84 bits per heavy atom. The highest BCUT2D eigenvalue weighted by atomic mass is 32.1. The molecule has 0 saturated heterocycles. The van der Waals surface area contributed by atoms with Crippen molar-refractivity contribution in [3.63, 3.8) is 0 Å². The number of thiazole rings is 1. The van der Waals surface area contributed by atoms with Crippen molar-refractivity contribution >= 4 is 34.1 Å². The minimum Gasteiger partial charge on any atom is -0.489 e. The summed E-state index contributed by atoms with van der Waals surface area (Å²) in [6.07, 6.45) is 9.33. The molecule has 8 nitrogen and oxygen atoms in total. The summed E-state index contributed by atoms with van der Waals surface area (Å²) in [7, 11) is 0. The molecule has 0 atom stereocenters. The minimum atomic E-state index is -0.296. The lowest BCUT2D eigenvalue weighted by atomic mass is 9.90. The van der Waals surface area contributed by atoms with Gasteiger partial charge in [-0.15, -0.1) is 11.3 Å². The molecule has 0 aliphatic heterocycles. The van der Waals surface area contributed by atoms with Gasteiger partial charge in [0.15, 0.2) is 16.7 Å². The molecular weight excluding hydrogens is 428 g/mol. The van der Waals surface area contributed by atoms with Gasteiger partial charge in [-0.05, 0) is 43.9 Å². The SMILES string of the molecule is Cc1occc1C(=O)Nc1nc(CC(=O)Nc2ncccc2OCC2CCCCC2)cs1. The van der Waals surface area contributed by atoms with Gasteiger partial charge in [-0.2, -0.15) is 0 Å². The molecule has 32 heavy (non-hydrogen) atoms. The molecule has 4 rings (SSSR count). The van der Waals surface area contributed by atoms with Gasteiger partial charge in [-0.3, -0.25) is 14.9 Å². The van der Waals surface area contributed by atoms with E-state index in [0.29, 0.717) is 46.2 Å². The third kappa shape index (κ3) is 5.73. The first-order valence-corrected chi connectivity index (χ1v) is 11.6. The van der Waals surface area contributed by atoms with Crippen LogP contribution in [0.2, 0.25) is 0 Å². The second-order valence-corrected chi connectivity index (χ2v) is 8.74. The van der Waals surface area contributed by atoms with Crippen LogP contribution >= 0.6 is 11.3 Å². The lowest BCUT2D eigenvalue weighted by Gasteiger charge is -2.22. The molecule has 1 aliphatic rings. The molecule has 3 aromatic rings. The molecule has 2 N–H and O–H groups in total. The van der Waals surface area contributed by atoms with Gasteiger partial charge in [-0.25, -0.2) is 9.97 Å². The summed E-state index contributed by atoms with van der Waals surface area (Å²) in [5, 5.41) is 7.72. The Balaban J connectivity index is 1.31. The molecule has 1 saturated carbocycles. The first kappa shape index (κ1) is 22.0. The molecule has 3 aromatic heterocycles. The molecule has 0 spiro atoms. The third-order valence-electron chi connectivity index (χ3n) is 5.45. The number of aryl methyl sites for hydroxylation is 1. The quantitative estimate of drug-likeness (QED) is 0.505. The lowest BCUT2D eigenvalue weighted by Crippen LogP contribution is -2.19. The Bertz CT molecular complexity index is 1070. The molecule has 9 heteroatoms. The number of anilines is 2. The number of carbonyl (C=O) groups excluding carboxylic acids is 2. The second-order valence-electron chi connectivity index (χ2n) is 7.88. The fraction of sp³-hybridized carbons (Fsp3) is 0.391. The molecule has 1 aliphatic carbocycles. The van der Waals surface area contributed by atoms with Crippen LogP contribution in [0, 0.1) is 12.8 Å². The summed E-state index contributed by atoms with van der Waals surface area (Å²) in [6.45, 7) is 2.36. The van der Waals surface area contributed by atoms with E-state index in [1.54, 1.807) is 30.6 Å². The maximum absolute atomic E-state index is 12.6. The number of amides is 2. The van der Waals surface area contributed by atoms with Gasteiger partial charge in [0, 0.05) is 11.6 Å². The summed E-state index contributed by atoms with van der Waals surface area (Å²) in [4.78, 5) is 33.4. The monoisotopic (exact) mass is 454 g/mol. The van der Waals surface area contributed by atoms with Crippen molar-refractivity contribution in [3.05, 3.63) is 53.1 Å². The van der Waals surface area contributed by atoms with Gasteiger partial charge < -0.3 is 14.5 Å². The highest BCUT2D eigenvalue weighted by Crippen LogP contribution is 2.27. The highest BCUT2D eigenvalue weighted by Gasteiger charge is 2.17. The minimum absolute atomic E-state index is 0.0652. The van der Waals surface area contributed by atoms with E-state index in [-0.39, 0.29) is 18.2 Å². The number of hydrogen-bond acceptors (Lipinski definition) is 7. The summed E-state index contributed by atoms with van der Waals surface area (Å²) >= 11 is 1.26. The molecule has 2 amide bonds. The van der Waals surface area contributed by atoms with Crippen molar-refractivity contribution in [1.82, 2.24) is 9.97 Å². The number of aromatic nitrogens is 2. The zero-order valence-corrected chi connectivity index (χ0v) is 18.7. The Morgan fingerprint density at radius 2 is 2.06 bits per heavy atom. The van der Waals surface area contributed by atoms with Gasteiger partial charge >= 0.3 is 0 Å². The molecule has 3 heterocycles. The molecule has 0 bridgehead atoms. The highest BCUT2D eigenvalue weighted by molar-refractivity contribution is 7.14. The Labute approximate surface area is 190 Å². The van der Waals surface area contributed by atoms with Crippen LogP contribution in [0.5, 0.6) is 5.75 Å². The van der Waals surface area contributed by atoms with Crippen LogP contribution in [0.25, 0.3) is 0 Å². The van der Waals surface area contributed by atoms with Crippen LogP contribution in [0.4, 0.5) is 10.9 Å². The van der Waals surface area contributed by atoms with Crippen LogP contribution in [0.3, 0.4) is 0 Å². The van der Waals surface area contributed by atoms with Gasteiger partial charge in [0.2, 0.25) is 5.91 Å². The van der Waals surface area contributed by atoms with E-state index >= 15 is 0 Å². The molecule has 0 radical (unpaired) electrons. The predicted molar refractivity (Wildman–Crippen MR) is 122 cm³/mol. The molecule has 0 aromatic carbocycles. The van der Waals surface area contributed by atoms with Gasteiger partial charge in [0.1, 0.15) is 5.76 Å². The van der Waals surface area contributed by atoms with Crippen molar-refractivity contribution in [2.24, 2.45) is 5.92 Å². The fourth-order valence-corrected chi connectivity index (χ4v) is 4.44. The van der Waals surface area contributed by atoms with Crippen LogP contribution in [-0.4, -0.2) is 28.4 Å². The number of ether oxygens (including phenoxy) is 1. The Hall–Kier alpha value is -3.20. The summed E-state index contributed by atoms with van der Waals surface area (Å²) in [5.41, 5.74) is 1.02. The van der Waals surface area contributed by atoms with E-state index < -0.39 is 0 Å². The molecular formula is C23H26N4O4S. The van der Waals surface area contributed by atoms with E-state index in [1.807, 2.05) is 6.07 Å². The molecule has 0 unspecified atom stereocenters. The van der Waals surface area contributed by atoms with Gasteiger partial charge in [-0.1, -0.05) is 19.3 Å². The van der Waals surface area contributed by atoms with Crippen molar-refractivity contribution in [2.75, 3.05) is 17.2 Å². The number of furan rings is 1. The number of pyridine rings is 1. The Morgan fingerprint density at radius 1 is 1.22 bits per heavy atom. The van der Waals surface area contributed by atoms with E-state index in [2.05, 4.69) is 20.6 Å². The largest absolute Gasteiger partial charge is 0.489 e. The lowest BCUT2D eigenvalue weighted by molar-refractivity contribution is -0.115. The summed E-state index contributed by atoms with van der Waals surface area (Å²) in [6, 6.07) is 5.22. The van der Waals surface area contributed by atoms with Gasteiger partial charge in [0.25, 0.3) is 5.91 Å². The van der Waals surface area contributed by atoms with Crippen LogP contribution < -0.4 is 15.4 Å². The van der Waals surface area contributed by atoms with Crippen molar-refractivity contribution < 1.29 is 18.7 Å². The van der Waals surface area contributed by atoms with Gasteiger partial charge in [0.05, 0.1) is 30.5 Å². The average Bonchev–Trinajstić information content (AvgIpc) is 3.42.